The molecule has 0 fully saturated rings. The van der Waals surface area contributed by atoms with Crippen LogP contribution in [0.25, 0.3) is 0 Å². The van der Waals surface area contributed by atoms with Gasteiger partial charge in [0.2, 0.25) is 0 Å². The highest BCUT2D eigenvalue weighted by molar-refractivity contribution is 6.33. The average Bonchev–Trinajstić information content (AvgIpc) is 2.90. The van der Waals surface area contributed by atoms with Gasteiger partial charge >= 0.3 is 5.82 Å². The standard InChI is InChI=1S/C10H8ClN3O5/c1-5-8(11)9(14(17)18)12-13(5)4-6-2-3-7(19-6)10(15)16/h2-3H,4H2,1H3,(H,15,16)/p-1. The van der Waals surface area contributed by atoms with Crippen molar-refractivity contribution in [2.45, 2.75) is 13.5 Å². The zero-order valence-electron chi connectivity index (χ0n) is 9.62. The van der Waals surface area contributed by atoms with Crippen molar-refractivity contribution in [1.29, 1.82) is 0 Å². The summed E-state index contributed by atoms with van der Waals surface area (Å²) in [5.74, 6) is -1.94. The number of aromatic nitrogens is 2. The quantitative estimate of drug-likeness (QED) is 0.604. The topological polar surface area (TPSA) is 114 Å². The van der Waals surface area contributed by atoms with Gasteiger partial charge in [0.05, 0.1) is 10.8 Å². The van der Waals surface area contributed by atoms with Crippen molar-refractivity contribution >= 4 is 23.4 Å². The van der Waals surface area contributed by atoms with Gasteiger partial charge in [-0.05, 0) is 24.0 Å². The molecule has 2 aromatic rings. The molecule has 0 spiro atoms. The minimum atomic E-state index is -1.44. The highest BCUT2D eigenvalue weighted by Crippen LogP contribution is 2.27. The summed E-state index contributed by atoms with van der Waals surface area (Å²) in [5.41, 5.74) is 0.389. The molecular weight excluding hydrogens is 278 g/mol. The van der Waals surface area contributed by atoms with Gasteiger partial charge in [0, 0.05) is 0 Å². The number of carbonyl (C=O) groups is 1. The predicted octanol–water partition coefficient (Wildman–Crippen LogP) is 0.758. The van der Waals surface area contributed by atoms with E-state index in [1.54, 1.807) is 6.92 Å². The molecule has 0 N–H and O–H groups in total. The monoisotopic (exact) mass is 284 g/mol. The normalized spacial score (nSPS) is 10.6. The summed E-state index contributed by atoms with van der Waals surface area (Å²) in [6.07, 6.45) is 0. The number of hydrogen-bond donors (Lipinski definition) is 0. The Morgan fingerprint density at radius 1 is 1.58 bits per heavy atom. The van der Waals surface area contributed by atoms with E-state index in [-0.39, 0.29) is 23.1 Å². The summed E-state index contributed by atoms with van der Waals surface area (Å²) in [5, 5.41) is 24.9. The molecule has 0 saturated heterocycles. The first-order valence-corrected chi connectivity index (χ1v) is 5.45. The lowest BCUT2D eigenvalue weighted by Crippen LogP contribution is -2.21. The number of halogens is 1. The maximum atomic E-state index is 10.7. The number of carboxylic acids is 1. The number of rotatable bonds is 4. The van der Waals surface area contributed by atoms with Crippen LogP contribution >= 0.6 is 11.6 Å². The molecule has 100 valence electrons. The third-order valence-electron chi connectivity index (χ3n) is 2.46. The molecule has 0 amide bonds. The van der Waals surface area contributed by atoms with Crippen molar-refractivity contribution in [3.05, 3.63) is 44.5 Å². The second kappa shape index (κ2) is 4.73. The number of furan rings is 1. The van der Waals surface area contributed by atoms with Crippen LogP contribution in [0.4, 0.5) is 5.82 Å². The summed E-state index contributed by atoms with van der Waals surface area (Å²) in [6.45, 7) is 1.59. The zero-order valence-corrected chi connectivity index (χ0v) is 10.4. The van der Waals surface area contributed by atoms with Crippen molar-refractivity contribution in [2.24, 2.45) is 0 Å². The molecule has 0 bridgehead atoms. The van der Waals surface area contributed by atoms with Gasteiger partial charge in [-0.2, -0.15) is 4.68 Å². The van der Waals surface area contributed by atoms with Crippen molar-refractivity contribution in [3.63, 3.8) is 0 Å². The molecule has 2 heterocycles. The Balaban J connectivity index is 2.30. The van der Waals surface area contributed by atoms with Gasteiger partial charge in [-0.25, -0.2) is 0 Å². The number of nitrogens with zero attached hydrogens (tertiary/aromatic N) is 3. The van der Waals surface area contributed by atoms with Crippen LogP contribution in [0.2, 0.25) is 5.02 Å². The van der Waals surface area contributed by atoms with Crippen LogP contribution in [0.5, 0.6) is 0 Å². The van der Waals surface area contributed by atoms with Crippen molar-refractivity contribution in [1.82, 2.24) is 9.78 Å². The van der Waals surface area contributed by atoms with Crippen LogP contribution in [-0.4, -0.2) is 20.7 Å². The second-order valence-corrected chi connectivity index (χ2v) is 4.07. The molecule has 19 heavy (non-hydrogen) atoms. The molecule has 2 rings (SSSR count). The van der Waals surface area contributed by atoms with Crippen molar-refractivity contribution < 1.29 is 19.2 Å². The summed E-state index contributed by atoms with van der Waals surface area (Å²) < 4.78 is 6.24. The highest BCUT2D eigenvalue weighted by atomic mass is 35.5. The lowest BCUT2D eigenvalue weighted by molar-refractivity contribution is -0.389. The first-order chi connectivity index (χ1) is 8.90. The average molecular weight is 285 g/mol. The molecule has 0 unspecified atom stereocenters. The summed E-state index contributed by atoms with van der Waals surface area (Å²) in [7, 11) is 0. The van der Waals surface area contributed by atoms with Gasteiger partial charge in [0.1, 0.15) is 24.0 Å². The minimum Gasteiger partial charge on any atom is -0.542 e. The van der Waals surface area contributed by atoms with Crippen LogP contribution in [0.15, 0.2) is 16.5 Å². The third kappa shape index (κ3) is 2.43. The van der Waals surface area contributed by atoms with Gasteiger partial charge in [-0.1, -0.05) is 11.6 Å². The SMILES string of the molecule is Cc1c(Cl)c([N+](=O)[O-])nn1Cc1ccc(C(=O)[O-])o1. The molecule has 0 saturated carbocycles. The Hall–Kier alpha value is -2.35. The molecule has 0 aliphatic carbocycles. The van der Waals surface area contributed by atoms with Gasteiger partial charge in [0.15, 0.2) is 5.02 Å². The van der Waals surface area contributed by atoms with E-state index >= 15 is 0 Å². The molecule has 2 aromatic heterocycles. The zero-order chi connectivity index (χ0) is 14.2. The summed E-state index contributed by atoms with van der Waals surface area (Å²) in [6, 6.07) is 2.66. The Bertz CT molecular complexity index is 660. The Kier molecular flexibility index (Phi) is 3.26. The maximum Gasteiger partial charge on any atom is 0.408 e. The first-order valence-electron chi connectivity index (χ1n) is 5.07. The van der Waals surface area contributed by atoms with E-state index in [9.17, 15) is 20.0 Å². The van der Waals surface area contributed by atoms with E-state index < -0.39 is 16.7 Å². The van der Waals surface area contributed by atoms with E-state index in [0.717, 1.165) is 0 Å². The van der Waals surface area contributed by atoms with Gasteiger partial charge in [-0.15, -0.1) is 0 Å². The smallest absolute Gasteiger partial charge is 0.408 e. The largest absolute Gasteiger partial charge is 0.542 e. The lowest BCUT2D eigenvalue weighted by atomic mass is 10.4. The van der Waals surface area contributed by atoms with E-state index in [0.29, 0.717) is 5.69 Å². The van der Waals surface area contributed by atoms with Crippen molar-refractivity contribution in [3.8, 4) is 0 Å². The molecule has 0 aliphatic heterocycles. The Morgan fingerprint density at radius 2 is 2.26 bits per heavy atom. The molecule has 0 atom stereocenters. The van der Waals surface area contributed by atoms with Gasteiger partial charge in [-0.3, -0.25) is 0 Å². The fourth-order valence-corrected chi connectivity index (χ4v) is 1.70. The number of hydrogen-bond acceptors (Lipinski definition) is 6. The van der Waals surface area contributed by atoms with Crippen LogP contribution in [0, 0.1) is 17.0 Å². The maximum absolute atomic E-state index is 10.7. The molecule has 0 radical (unpaired) electrons. The molecular formula is C10H7ClN3O5-. The second-order valence-electron chi connectivity index (χ2n) is 3.69. The Morgan fingerprint density at radius 3 is 2.74 bits per heavy atom. The van der Waals surface area contributed by atoms with Crippen LogP contribution in [-0.2, 0) is 6.54 Å². The fraction of sp³-hybridized carbons (Fsp3) is 0.200. The van der Waals surface area contributed by atoms with Gasteiger partial charge in [0.25, 0.3) is 0 Å². The lowest BCUT2D eigenvalue weighted by Gasteiger charge is -1.98. The third-order valence-corrected chi connectivity index (χ3v) is 2.90. The van der Waals surface area contributed by atoms with E-state index in [2.05, 4.69) is 5.10 Å². The number of carboxylic acid groups (broad SMARTS) is 1. The first kappa shape index (κ1) is 13.1. The van der Waals surface area contributed by atoms with Gasteiger partial charge < -0.3 is 24.4 Å². The Labute approximate surface area is 111 Å². The van der Waals surface area contributed by atoms with E-state index in [1.165, 1.54) is 16.8 Å². The molecule has 8 nitrogen and oxygen atoms in total. The molecule has 0 aromatic carbocycles. The van der Waals surface area contributed by atoms with Crippen LogP contribution < -0.4 is 5.11 Å². The van der Waals surface area contributed by atoms with Crippen LogP contribution in [0.1, 0.15) is 22.0 Å². The summed E-state index contributed by atoms with van der Waals surface area (Å²) in [4.78, 5) is 20.5. The van der Waals surface area contributed by atoms with E-state index in [1.807, 2.05) is 0 Å². The molecule has 9 heteroatoms. The van der Waals surface area contributed by atoms with E-state index in [4.69, 9.17) is 16.0 Å². The minimum absolute atomic E-state index is 0.0344. The number of carbonyl (C=O) groups excluding carboxylic acids is 1. The van der Waals surface area contributed by atoms with Crippen LogP contribution in [0.3, 0.4) is 0 Å². The fourth-order valence-electron chi connectivity index (χ4n) is 1.50. The highest BCUT2D eigenvalue weighted by Gasteiger charge is 2.24. The predicted molar refractivity (Wildman–Crippen MR) is 60.8 cm³/mol. The summed E-state index contributed by atoms with van der Waals surface area (Å²) >= 11 is 5.77. The number of nitro groups is 1. The number of aromatic carboxylic acids is 1. The molecule has 0 aliphatic rings. The van der Waals surface area contributed by atoms with Crippen molar-refractivity contribution in [2.75, 3.05) is 0 Å².